The number of carbonyl (C=O) groups excluding carboxylic acids is 6. The van der Waals surface area contributed by atoms with E-state index in [0.29, 0.717) is 12.8 Å². The minimum Gasteiger partial charge on any atom is -0.459 e. The van der Waals surface area contributed by atoms with Gasteiger partial charge in [-0.15, -0.1) is 12.6 Å². The molecule has 2 unspecified atom stereocenters. The first kappa shape index (κ1) is 37.6. The van der Waals surface area contributed by atoms with E-state index in [9.17, 15) is 28.8 Å². The number of nitrogens with one attached hydrogen (secondary N) is 3. The number of hydrogen-bond acceptors (Lipinski definition) is 8. The van der Waals surface area contributed by atoms with Gasteiger partial charge in [-0.1, -0.05) is 85.7 Å². The number of ketones is 1. The van der Waals surface area contributed by atoms with Crippen LogP contribution < -0.4 is 21.7 Å². The summed E-state index contributed by atoms with van der Waals surface area (Å²) in [6.45, 7) is 15.1. The molecule has 1 heterocycles. The van der Waals surface area contributed by atoms with E-state index in [4.69, 9.17) is 10.5 Å². The van der Waals surface area contributed by atoms with Gasteiger partial charge in [-0.3, -0.25) is 19.2 Å². The zero-order valence-corrected chi connectivity index (χ0v) is 28.4. The van der Waals surface area contributed by atoms with Crippen molar-refractivity contribution in [1.29, 1.82) is 0 Å². The molecule has 1 saturated heterocycles. The van der Waals surface area contributed by atoms with Gasteiger partial charge >= 0.3 is 12.0 Å². The van der Waals surface area contributed by atoms with Gasteiger partial charge in [0, 0.05) is 6.54 Å². The smallest absolute Gasteiger partial charge is 0.329 e. The van der Waals surface area contributed by atoms with Crippen molar-refractivity contribution in [3.63, 3.8) is 0 Å². The van der Waals surface area contributed by atoms with E-state index in [1.54, 1.807) is 20.8 Å². The highest BCUT2D eigenvalue weighted by Crippen LogP contribution is 2.32. The number of benzene rings is 1. The van der Waals surface area contributed by atoms with E-state index in [-0.39, 0.29) is 25.0 Å². The first-order chi connectivity index (χ1) is 20.8. The van der Waals surface area contributed by atoms with Gasteiger partial charge < -0.3 is 31.3 Å². The van der Waals surface area contributed by atoms with Crippen molar-refractivity contribution in [1.82, 2.24) is 20.9 Å². The van der Waals surface area contributed by atoms with E-state index in [1.165, 1.54) is 4.90 Å². The van der Waals surface area contributed by atoms with Gasteiger partial charge in [0.25, 0.3) is 11.7 Å². The summed E-state index contributed by atoms with van der Waals surface area (Å²) >= 11 is 4.00. The fourth-order valence-corrected chi connectivity index (χ4v) is 5.24. The lowest BCUT2D eigenvalue weighted by Gasteiger charge is -2.37. The lowest BCUT2D eigenvalue weighted by Crippen LogP contribution is -2.61. The van der Waals surface area contributed by atoms with Gasteiger partial charge in [0.1, 0.15) is 30.1 Å². The average molecular weight is 648 g/mol. The Labute approximate surface area is 271 Å². The zero-order valence-electron chi connectivity index (χ0n) is 27.5. The van der Waals surface area contributed by atoms with Crippen LogP contribution in [-0.2, 0) is 35.3 Å². The molecule has 0 saturated carbocycles. The second-order valence-corrected chi connectivity index (χ2v) is 14.2. The molecule has 1 aromatic rings. The molecule has 13 heteroatoms. The summed E-state index contributed by atoms with van der Waals surface area (Å²) in [5.41, 5.74) is 4.36. The van der Waals surface area contributed by atoms with Gasteiger partial charge in [-0.05, 0) is 41.1 Å². The molecule has 5 amide bonds. The Morgan fingerprint density at radius 3 is 2.07 bits per heavy atom. The maximum absolute atomic E-state index is 14.1. The number of nitrogens with two attached hydrogens (primary N) is 1. The van der Waals surface area contributed by atoms with Crippen molar-refractivity contribution in [2.45, 2.75) is 98.3 Å². The second kappa shape index (κ2) is 15.6. The molecule has 0 radical (unpaired) electrons. The molecule has 0 bridgehead atoms. The minimum atomic E-state index is -1.46. The molecule has 1 fully saturated rings. The largest absolute Gasteiger partial charge is 0.459 e. The van der Waals surface area contributed by atoms with Crippen LogP contribution in [0.4, 0.5) is 4.79 Å². The number of Topliss-reactive ketones (excluding diaryl/α,β-unsaturated/α-hetero) is 1. The van der Waals surface area contributed by atoms with Crippen LogP contribution >= 0.6 is 12.6 Å². The molecule has 5 atom stereocenters. The van der Waals surface area contributed by atoms with Crippen molar-refractivity contribution < 1.29 is 33.5 Å². The standard InChI is InChI=1S/C32H49N5O7S/c1-9-32(7,8)24(29(42)44-17-19-13-11-10-12-14-19)35-30(43)34-23(31(4,5)6)28(41)37-16-20(18(2)3)15-21(37)26(40)36-27(45)22(38)25(33)39/h10-14,18,20-21,23-24,27,45H,9,15-17H2,1-8H3,(H2,33,39)(H,36,40)(H2,34,35,43)/t20-,21+,23-,24?,27?/m1/s1. The molecule has 1 aliphatic rings. The Bertz CT molecular complexity index is 1250. The van der Waals surface area contributed by atoms with Crippen molar-refractivity contribution in [2.75, 3.05) is 6.54 Å². The molecule has 12 nitrogen and oxygen atoms in total. The highest BCUT2D eigenvalue weighted by atomic mass is 32.1. The summed E-state index contributed by atoms with van der Waals surface area (Å²) in [5, 5.41) is 6.41. The molecule has 1 aliphatic heterocycles. The average Bonchev–Trinajstić information content (AvgIpc) is 3.43. The minimum absolute atomic E-state index is 0.0377. The number of primary amides is 1. The summed E-state index contributed by atoms with van der Waals surface area (Å²) in [5.74, 6) is -4.02. The van der Waals surface area contributed by atoms with Gasteiger partial charge in [-0.25, -0.2) is 9.59 Å². The number of ether oxygens (including phenoxy) is 1. The van der Waals surface area contributed by atoms with Crippen molar-refractivity contribution in [3.8, 4) is 0 Å². The number of carbonyl (C=O) groups is 6. The van der Waals surface area contributed by atoms with Crippen LogP contribution in [0, 0.1) is 22.7 Å². The molecule has 250 valence electrons. The Balaban J connectivity index is 2.28. The number of urea groups is 1. The summed E-state index contributed by atoms with van der Waals surface area (Å²) in [6.07, 6.45) is 0.856. The Morgan fingerprint density at radius 1 is 0.978 bits per heavy atom. The normalized spacial score (nSPS) is 18.8. The van der Waals surface area contributed by atoms with Crippen LogP contribution in [0.5, 0.6) is 0 Å². The predicted molar refractivity (Wildman–Crippen MR) is 173 cm³/mol. The molecule has 5 N–H and O–H groups in total. The SMILES string of the molecule is CCC(C)(C)C(NC(=O)N[C@H](C(=O)N1C[C@H](C(C)C)C[C@H]1C(=O)NC(S)C(=O)C(N)=O)C(C)(C)C)C(=O)OCc1ccccc1. The molecule has 2 rings (SSSR count). The summed E-state index contributed by atoms with van der Waals surface area (Å²) in [7, 11) is 0. The molecule has 1 aromatic carbocycles. The molecular formula is C32H49N5O7S. The molecule has 0 spiro atoms. The lowest BCUT2D eigenvalue weighted by molar-refractivity contribution is -0.150. The lowest BCUT2D eigenvalue weighted by atomic mass is 9.81. The fourth-order valence-electron chi connectivity index (χ4n) is 4.98. The highest BCUT2D eigenvalue weighted by molar-refractivity contribution is 7.82. The van der Waals surface area contributed by atoms with Crippen LogP contribution in [0.2, 0.25) is 0 Å². The van der Waals surface area contributed by atoms with Crippen LogP contribution in [0.1, 0.15) is 73.8 Å². The van der Waals surface area contributed by atoms with E-state index in [0.717, 1.165) is 5.56 Å². The second-order valence-electron chi connectivity index (χ2n) is 13.7. The monoisotopic (exact) mass is 647 g/mol. The number of likely N-dealkylation sites (tertiary alicyclic amines) is 1. The number of hydrogen-bond donors (Lipinski definition) is 5. The van der Waals surface area contributed by atoms with E-state index < -0.39 is 69.8 Å². The number of thiol groups is 1. The van der Waals surface area contributed by atoms with Crippen LogP contribution in [0.25, 0.3) is 0 Å². The number of amides is 5. The maximum Gasteiger partial charge on any atom is 0.329 e. The third-order valence-electron chi connectivity index (χ3n) is 8.45. The highest BCUT2D eigenvalue weighted by Gasteiger charge is 2.46. The predicted octanol–water partition coefficient (Wildman–Crippen LogP) is 2.55. The topological polar surface area (TPSA) is 177 Å². The Morgan fingerprint density at radius 2 is 1.56 bits per heavy atom. The van der Waals surface area contributed by atoms with Crippen molar-refractivity contribution >= 4 is 48.1 Å². The first-order valence-corrected chi connectivity index (χ1v) is 15.7. The number of rotatable bonds is 13. The quantitative estimate of drug-likeness (QED) is 0.0946. The zero-order chi connectivity index (χ0) is 34.3. The summed E-state index contributed by atoms with van der Waals surface area (Å²) in [4.78, 5) is 78.7. The van der Waals surface area contributed by atoms with Gasteiger partial charge in [0.05, 0.1) is 0 Å². The molecular weight excluding hydrogens is 598 g/mol. The van der Waals surface area contributed by atoms with Gasteiger partial charge in [-0.2, -0.15) is 0 Å². The molecule has 0 aromatic heterocycles. The van der Waals surface area contributed by atoms with Gasteiger partial charge in [0.15, 0.2) is 0 Å². The first-order valence-electron chi connectivity index (χ1n) is 15.2. The third-order valence-corrected chi connectivity index (χ3v) is 8.81. The van der Waals surface area contributed by atoms with Crippen molar-refractivity contribution in [3.05, 3.63) is 35.9 Å². The third kappa shape index (κ3) is 10.2. The fraction of sp³-hybridized carbons (Fsp3) is 0.625. The van der Waals surface area contributed by atoms with Crippen LogP contribution in [-0.4, -0.2) is 70.4 Å². The molecule has 45 heavy (non-hydrogen) atoms. The number of esters is 1. The van der Waals surface area contributed by atoms with E-state index in [1.807, 2.05) is 65.0 Å². The Hall–Kier alpha value is -3.61. The van der Waals surface area contributed by atoms with Crippen molar-refractivity contribution in [2.24, 2.45) is 28.4 Å². The Kier molecular flexibility index (Phi) is 13.0. The molecule has 0 aliphatic carbocycles. The van der Waals surface area contributed by atoms with Crippen LogP contribution in [0.15, 0.2) is 30.3 Å². The van der Waals surface area contributed by atoms with Gasteiger partial charge in [0.2, 0.25) is 11.8 Å². The van der Waals surface area contributed by atoms with E-state index >= 15 is 0 Å². The van der Waals surface area contributed by atoms with Crippen LogP contribution in [0.3, 0.4) is 0 Å². The summed E-state index contributed by atoms with van der Waals surface area (Å²) in [6, 6.07) is 5.35. The summed E-state index contributed by atoms with van der Waals surface area (Å²) < 4.78 is 5.56. The van der Waals surface area contributed by atoms with E-state index in [2.05, 4.69) is 28.6 Å². The maximum atomic E-state index is 14.1. The number of nitrogens with zero attached hydrogens (tertiary/aromatic N) is 1.